The number of benzene rings is 1. The van der Waals surface area contributed by atoms with Gasteiger partial charge in [0, 0.05) is 50.0 Å². The molecule has 0 spiro atoms. The summed E-state index contributed by atoms with van der Waals surface area (Å²) >= 11 is 0. The van der Waals surface area contributed by atoms with E-state index in [9.17, 15) is 4.79 Å². The van der Waals surface area contributed by atoms with Crippen LogP contribution in [-0.4, -0.2) is 64.5 Å². The van der Waals surface area contributed by atoms with Gasteiger partial charge < -0.3 is 29.3 Å². The molecule has 1 aromatic carbocycles. The van der Waals surface area contributed by atoms with Crippen LogP contribution in [0.15, 0.2) is 12.1 Å². The molecule has 1 atom stereocenters. The maximum absolute atomic E-state index is 12.2. The van der Waals surface area contributed by atoms with Crippen LogP contribution in [0, 0.1) is 0 Å². The maximum Gasteiger partial charge on any atom is 0.317 e. The van der Waals surface area contributed by atoms with Gasteiger partial charge in [-0.15, -0.1) is 0 Å². The molecule has 0 bridgehead atoms. The Morgan fingerprint density at radius 1 is 1.08 bits per heavy atom. The fourth-order valence-electron chi connectivity index (χ4n) is 2.82. The third kappa shape index (κ3) is 4.41. The van der Waals surface area contributed by atoms with E-state index in [4.69, 9.17) is 14.2 Å². The number of carbonyl (C=O) groups is 1. The molecule has 1 unspecified atom stereocenters. The Morgan fingerprint density at radius 2 is 1.64 bits per heavy atom. The van der Waals surface area contributed by atoms with Gasteiger partial charge in [0.2, 0.25) is 5.75 Å². The van der Waals surface area contributed by atoms with E-state index >= 15 is 0 Å². The maximum atomic E-state index is 12.2. The fourth-order valence-corrected chi connectivity index (χ4v) is 2.82. The molecule has 1 fully saturated rings. The lowest BCUT2D eigenvalue weighted by molar-refractivity contribution is 0.190. The molecule has 1 heterocycles. The molecule has 25 heavy (non-hydrogen) atoms. The first-order valence-electron chi connectivity index (χ1n) is 8.64. The standard InChI is InChI=1S/C18H29N3O4/c1-6-13(2)19-18(22)21-9-7-20(8-10-21)14-11-15(23-3)17(25-5)16(12-14)24-4/h11-13H,6-10H2,1-5H3,(H,19,22). The summed E-state index contributed by atoms with van der Waals surface area (Å²) in [5.41, 5.74) is 0.997. The highest BCUT2D eigenvalue weighted by Gasteiger charge is 2.24. The van der Waals surface area contributed by atoms with Gasteiger partial charge in [-0.3, -0.25) is 0 Å². The Morgan fingerprint density at radius 3 is 2.08 bits per heavy atom. The molecular formula is C18H29N3O4. The summed E-state index contributed by atoms with van der Waals surface area (Å²) in [6, 6.07) is 4.09. The van der Waals surface area contributed by atoms with Crippen molar-refractivity contribution in [1.29, 1.82) is 0 Å². The largest absolute Gasteiger partial charge is 0.493 e. The fraction of sp³-hybridized carbons (Fsp3) is 0.611. The van der Waals surface area contributed by atoms with Crippen molar-refractivity contribution in [1.82, 2.24) is 10.2 Å². The number of nitrogens with zero attached hydrogens (tertiary/aromatic N) is 2. The third-order valence-electron chi connectivity index (χ3n) is 4.56. The van der Waals surface area contributed by atoms with Crippen LogP contribution in [0.2, 0.25) is 0 Å². The molecule has 1 saturated heterocycles. The normalized spacial score (nSPS) is 15.6. The monoisotopic (exact) mass is 351 g/mol. The number of carbonyl (C=O) groups excluding carboxylic acids is 1. The highest BCUT2D eigenvalue weighted by molar-refractivity contribution is 5.75. The average molecular weight is 351 g/mol. The van der Waals surface area contributed by atoms with Crippen molar-refractivity contribution >= 4 is 11.7 Å². The number of hydrogen-bond donors (Lipinski definition) is 1. The van der Waals surface area contributed by atoms with Gasteiger partial charge in [0.15, 0.2) is 11.5 Å². The Bertz CT molecular complexity index is 561. The summed E-state index contributed by atoms with van der Waals surface area (Å²) in [5.74, 6) is 1.85. The molecule has 0 saturated carbocycles. The lowest BCUT2D eigenvalue weighted by atomic mass is 10.2. The number of ether oxygens (including phenoxy) is 3. The number of nitrogens with one attached hydrogen (secondary N) is 1. The summed E-state index contributed by atoms with van der Waals surface area (Å²) in [5, 5.41) is 3.02. The van der Waals surface area contributed by atoms with Crippen molar-refractivity contribution in [3.63, 3.8) is 0 Å². The summed E-state index contributed by atoms with van der Waals surface area (Å²) in [4.78, 5) is 16.3. The molecular weight excluding hydrogens is 322 g/mol. The number of methoxy groups -OCH3 is 3. The predicted molar refractivity (Wildman–Crippen MR) is 98.2 cm³/mol. The second-order valence-electron chi connectivity index (χ2n) is 6.12. The lowest BCUT2D eigenvalue weighted by Gasteiger charge is -2.36. The highest BCUT2D eigenvalue weighted by Crippen LogP contribution is 2.41. The van der Waals surface area contributed by atoms with Crippen molar-refractivity contribution < 1.29 is 19.0 Å². The summed E-state index contributed by atoms with van der Waals surface area (Å²) in [6.07, 6.45) is 0.928. The highest BCUT2D eigenvalue weighted by atomic mass is 16.5. The second kappa shape index (κ2) is 8.69. The average Bonchev–Trinajstić information content (AvgIpc) is 2.66. The number of piperazine rings is 1. The molecule has 2 rings (SSSR count). The molecule has 0 radical (unpaired) electrons. The van der Waals surface area contributed by atoms with Crippen molar-refractivity contribution in [3.05, 3.63) is 12.1 Å². The van der Waals surface area contributed by atoms with Crippen LogP contribution < -0.4 is 24.4 Å². The van der Waals surface area contributed by atoms with Crippen LogP contribution in [0.3, 0.4) is 0 Å². The number of urea groups is 1. The van der Waals surface area contributed by atoms with Gasteiger partial charge in [-0.25, -0.2) is 4.79 Å². The first-order valence-corrected chi connectivity index (χ1v) is 8.64. The first kappa shape index (κ1) is 19.0. The Balaban J connectivity index is 2.06. The van der Waals surface area contributed by atoms with E-state index in [0.717, 1.165) is 25.2 Å². The van der Waals surface area contributed by atoms with E-state index in [0.29, 0.717) is 30.3 Å². The van der Waals surface area contributed by atoms with Crippen LogP contribution in [0.5, 0.6) is 17.2 Å². The zero-order chi connectivity index (χ0) is 18.4. The Kier molecular flexibility index (Phi) is 6.61. The van der Waals surface area contributed by atoms with Crippen LogP contribution in [0.1, 0.15) is 20.3 Å². The van der Waals surface area contributed by atoms with E-state index in [1.807, 2.05) is 24.0 Å². The molecule has 1 aliphatic heterocycles. The molecule has 7 nitrogen and oxygen atoms in total. The van der Waals surface area contributed by atoms with Crippen molar-refractivity contribution in [2.24, 2.45) is 0 Å². The van der Waals surface area contributed by atoms with Gasteiger partial charge in [-0.2, -0.15) is 0 Å². The molecule has 2 amide bonds. The lowest BCUT2D eigenvalue weighted by Crippen LogP contribution is -2.53. The molecule has 0 aromatic heterocycles. The van der Waals surface area contributed by atoms with E-state index in [1.54, 1.807) is 21.3 Å². The smallest absolute Gasteiger partial charge is 0.317 e. The topological polar surface area (TPSA) is 63.3 Å². The van der Waals surface area contributed by atoms with Gasteiger partial charge >= 0.3 is 6.03 Å². The predicted octanol–water partition coefficient (Wildman–Crippen LogP) is 2.34. The van der Waals surface area contributed by atoms with Gasteiger partial charge in [0.1, 0.15) is 0 Å². The quantitative estimate of drug-likeness (QED) is 0.852. The zero-order valence-corrected chi connectivity index (χ0v) is 15.8. The second-order valence-corrected chi connectivity index (χ2v) is 6.12. The molecule has 1 aromatic rings. The van der Waals surface area contributed by atoms with Crippen LogP contribution in [0.4, 0.5) is 10.5 Å². The number of rotatable bonds is 6. The minimum absolute atomic E-state index is 0.0129. The van der Waals surface area contributed by atoms with E-state index in [1.165, 1.54) is 0 Å². The third-order valence-corrected chi connectivity index (χ3v) is 4.56. The van der Waals surface area contributed by atoms with Crippen molar-refractivity contribution in [2.75, 3.05) is 52.4 Å². The zero-order valence-electron chi connectivity index (χ0n) is 15.8. The Labute approximate surface area is 149 Å². The number of amides is 2. The van der Waals surface area contributed by atoms with E-state index in [-0.39, 0.29) is 12.1 Å². The van der Waals surface area contributed by atoms with Crippen molar-refractivity contribution in [2.45, 2.75) is 26.3 Å². The first-order chi connectivity index (χ1) is 12.0. The van der Waals surface area contributed by atoms with Crippen LogP contribution in [-0.2, 0) is 0 Å². The SMILES string of the molecule is CCC(C)NC(=O)N1CCN(c2cc(OC)c(OC)c(OC)c2)CC1. The molecule has 0 aliphatic carbocycles. The summed E-state index contributed by atoms with van der Waals surface area (Å²) < 4.78 is 16.2. The summed E-state index contributed by atoms with van der Waals surface area (Å²) in [7, 11) is 4.81. The number of anilines is 1. The van der Waals surface area contributed by atoms with Gasteiger partial charge in [0.05, 0.1) is 21.3 Å². The van der Waals surface area contributed by atoms with Gasteiger partial charge in [0.25, 0.3) is 0 Å². The number of hydrogen-bond acceptors (Lipinski definition) is 5. The van der Waals surface area contributed by atoms with Crippen LogP contribution >= 0.6 is 0 Å². The molecule has 140 valence electrons. The Hall–Kier alpha value is -2.31. The minimum Gasteiger partial charge on any atom is -0.493 e. The van der Waals surface area contributed by atoms with E-state index in [2.05, 4.69) is 17.1 Å². The van der Waals surface area contributed by atoms with Crippen LogP contribution in [0.25, 0.3) is 0 Å². The molecule has 7 heteroatoms. The van der Waals surface area contributed by atoms with Gasteiger partial charge in [-0.1, -0.05) is 6.92 Å². The molecule has 1 aliphatic rings. The van der Waals surface area contributed by atoms with Crippen molar-refractivity contribution in [3.8, 4) is 17.2 Å². The minimum atomic E-state index is 0.0129. The molecule has 1 N–H and O–H groups in total. The summed E-state index contributed by atoms with van der Waals surface area (Å²) in [6.45, 7) is 6.95. The van der Waals surface area contributed by atoms with Gasteiger partial charge in [-0.05, 0) is 13.3 Å². The van der Waals surface area contributed by atoms with E-state index < -0.39 is 0 Å².